The number of hydrogen-bond donors (Lipinski definition) is 0. The van der Waals surface area contributed by atoms with Crippen LogP contribution in [0.15, 0.2) is 66.7 Å². The molecule has 0 bridgehead atoms. The molecule has 224 valence electrons. The molecule has 43 heavy (non-hydrogen) atoms. The average Bonchev–Trinajstić information content (AvgIpc) is 3.58. The second-order valence-corrected chi connectivity index (χ2v) is 12.3. The summed E-state index contributed by atoms with van der Waals surface area (Å²) < 4.78 is 5.01. The van der Waals surface area contributed by atoms with Crippen LogP contribution in [0.25, 0.3) is 0 Å². The van der Waals surface area contributed by atoms with Crippen LogP contribution >= 0.6 is 0 Å². The van der Waals surface area contributed by atoms with Gasteiger partial charge >= 0.3 is 5.97 Å². The molecule has 2 aliphatic rings. The summed E-state index contributed by atoms with van der Waals surface area (Å²) in [5, 5.41) is 0. The van der Waals surface area contributed by atoms with E-state index in [2.05, 4.69) is 72.2 Å². The lowest BCUT2D eigenvalue weighted by Gasteiger charge is -2.36. The monoisotopic (exact) mass is 575 g/mol. The molecular formula is C39H45NO3. The fraction of sp³-hybridized carbons (Fsp3) is 0.436. The van der Waals surface area contributed by atoms with Crippen LogP contribution < -0.4 is 0 Å². The first kappa shape index (κ1) is 30.6. The number of rotatable bonds is 10. The summed E-state index contributed by atoms with van der Waals surface area (Å²) in [7, 11) is 1.41. The number of fused-ring (bicyclic) bond motifs is 1. The van der Waals surface area contributed by atoms with Crippen molar-refractivity contribution >= 4 is 11.9 Å². The van der Waals surface area contributed by atoms with Gasteiger partial charge in [-0.15, -0.1) is 0 Å². The molecule has 1 fully saturated rings. The smallest absolute Gasteiger partial charge is 0.337 e. The Bertz CT molecular complexity index is 1440. The molecule has 0 spiro atoms. The molecule has 4 heteroatoms. The summed E-state index contributed by atoms with van der Waals surface area (Å²) in [6.07, 6.45) is 13.0. The van der Waals surface area contributed by atoms with E-state index in [0.29, 0.717) is 24.4 Å². The van der Waals surface area contributed by atoms with Gasteiger partial charge in [-0.1, -0.05) is 81.2 Å². The van der Waals surface area contributed by atoms with E-state index in [-0.39, 0.29) is 17.9 Å². The maximum Gasteiger partial charge on any atom is 0.337 e. The van der Waals surface area contributed by atoms with Crippen molar-refractivity contribution in [1.29, 1.82) is 0 Å². The van der Waals surface area contributed by atoms with E-state index in [1.165, 1.54) is 56.8 Å². The predicted molar refractivity (Wildman–Crippen MR) is 173 cm³/mol. The molecule has 0 aliphatic heterocycles. The number of hydrogen-bond acceptors (Lipinski definition) is 3. The lowest BCUT2D eigenvalue weighted by Crippen LogP contribution is -2.36. The number of benzene rings is 3. The first-order valence-corrected chi connectivity index (χ1v) is 16.2. The fourth-order valence-corrected chi connectivity index (χ4v) is 6.66. The van der Waals surface area contributed by atoms with Gasteiger partial charge in [0.25, 0.3) is 0 Å². The average molecular weight is 576 g/mol. The highest BCUT2D eigenvalue weighted by Gasteiger charge is 2.31. The van der Waals surface area contributed by atoms with E-state index in [1.54, 1.807) is 0 Å². The molecule has 1 atom stereocenters. The summed E-state index contributed by atoms with van der Waals surface area (Å²) >= 11 is 0. The van der Waals surface area contributed by atoms with E-state index in [0.717, 1.165) is 54.4 Å². The topological polar surface area (TPSA) is 46.6 Å². The van der Waals surface area contributed by atoms with Crippen LogP contribution in [0.1, 0.15) is 121 Å². The van der Waals surface area contributed by atoms with Crippen molar-refractivity contribution in [3.8, 4) is 11.8 Å². The molecule has 2 aliphatic carbocycles. The number of carbonyl (C=O) groups excluding carboxylic acids is 2. The van der Waals surface area contributed by atoms with Crippen molar-refractivity contribution in [2.45, 2.75) is 96.6 Å². The highest BCUT2D eigenvalue weighted by Crippen LogP contribution is 2.37. The predicted octanol–water partition coefficient (Wildman–Crippen LogP) is 8.59. The van der Waals surface area contributed by atoms with Crippen LogP contribution in [0.4, 0.5) is 0 Å². The number of ether oxygens (including phenoxy) is 1. The summed E-state index contributed by atoms with van der Waals surface area (Å²) in [5.41, 5.74) is 7.30. The molecule has 1 unspecified atom stereocenters. The zero-order chi connectivity index (χ0) is 30.0. The Balaban J connectivity index is 1.34. The van der Waals surface area contributed by atoms with Gasteiger partial charge in [-0.05, 0) is 103 Å². The Morgan fingerprint density at radius 2 is 1.53 bits per heavy atom. The lowest BCUT2D eigenvalue weighted by molar-refractivity contribution is -0.135. The lowest BCUT2D eigenvalue weighted by atomic mass is 9.85. The Kier molecular flexibility index (Phi) is 10.7. The molecule has 3 aromatic carbocycles. The molecule has 4 nitrogen and oxygen atoms in total. The maximum atomic E-state index is 13.9. The number of aryl methyl sites for hydroxylation is 2. The summed E-state index contributed by atoms with van der Waals surface area (Å²) in [4.78, 5) is 28.4. The van der Waals surface area contributed by atoms with E-state index in [1.807, 2.05) is 18.2 Å². The van der Waals surface area contributed by atoms with Crippen LogP contribution in [0.3, 0.4) is 0 Å². The van der Waals surface area contributed by atoms with Gasteiger partial charge in [0, 0.05) is 24.1 Å². The van der Waals surface area contributed by atoms with Crippen LogP contribution in [-0.2, 0) is 28.9 Å². The summed E-state index contributed by atoms with van der Waals surface area (Å²) in [6.45, 7) is 2.76. The third-order valence-corrected chi connectivity index (χ3v) is 9.22. The van der Waals surface area contributed by atoms with Gasteiger partial charge in [0.05, 0.1) is 18.7 Å². The van der Waals surface area contributed by atoms with Gasteiger partial charge in [0.15, 0.2) is 0 Å². The third-order valence-electron chi connectivity index (χ3n) is 9.22. The number of methoxy groups -OCH3 is 1. The van der Waals surface area contributed by atoms with E-state index >= 15 is 0 Å². The highest BCUT2D eigenvalue weighted by atomic mass is 16.5. The molecule has 0 aromatic heterocycles. The zero-order valence-corrected chi connectivity index (χ0v) is 25.9. The molecule has 5 rings (SSSR count). The van der Waals surface area contributed by atoms with Crippen molar-refractivity contribution in [2.75, 3.05) is 7.11 Å². The van der Waals surface area contributed by atoms with Crippen LogP contribution in [0.2, 0.25) is 0 Å². The quantitative estimate of drug-likeness (QED) is 0.180. The molecule has 0 radical (unpaired) electrons. The maximum absolute atomic E-state index is 13.9. The SMILES string of the molecule is CCCCc1ccc(C#Cc2ccc(CN(C(=O)CCC3CCCC3)C3CCCc4ccc(C(=O)OC)cc43)cc2)cc1. The third kappa shape index (κ3) is 8.17. The zero-order valence-electron chi connectivity index (χ0n) is 25.9. The molecule has 0 saturated heterocycles. The minimum atomic E-state index is -0.338. The minimum absolute atomic E-state index is 0.0517. The van der Waals surface area contributed by atoms with Gasteiger partial charge in [0.2, 0.25) is 5.91 Å². The molecule has 3 aromatic rings. The number of esters is 1. The Hall–Kier alpha value is -3.84. The Morgan fingerprint density at radius 1 is 0.860 bits per heavy atom. The second kappa shape index (κ2) is 15.1. The van der Waals surface area contributed by atoms with Gasteiger partial charge in [-0.25, -0.2) is 4.79 Å². The van der Waals surface area contributed by atoms with Crippen molar-refractivity contribution in [1.82, 2.24) is 4.90 Å². The standard InChI is InChI=1S/C39H45NO3/c1-3-4-8-30-13-15-31(16-14-30)17-18-32-19-21-33(22-20-32)28-40(38(41)26-23-29-9-5-6-10-29)37-12-7-11-34-24-25-35(27-36(34)37)39(42)43-2/h13-16,19-22,24-25,27,29,37H,3-12,23,26,28H2,1-2H3. The number of unbranched alkanes of at least 4 members (excludes halogenated alkanes) is 1. The van der Waals surface area contributed by atoms with Crippen LogP contribution in [0, 0.1) is 17.8 Å². The summed E-state index contributed by atoms with van der Waals surface area (Å²) in [5.74, 6) is 7.14. The molecule has 1 amide bonds. The molecular weight excluding hydrogens is 530 g/mol. The molecule has 0 N–H and O–H groups in total. The summed E-state index contributed by atoms with van der Waals surface area (Å²) in [6, 6.07) is 22.7. The first-order chi connectivity index (χ1) is 21.0. The molecule has 0 heterocycles. The minimum Gasteiger partial charge on any atom is -0.465 e. The largest absolute Gasteiger partial charge is 0.465 e. The van der Waals surface area contributed by atoms with Gasteiger partial charge in [0.1, 0.15) is 0 Å². The van der Waals surface area contributed by atoms with Crippen molar-refractivity contribution in [3.05, 3.63) is 106 Å². The van der Waals surface area contributed by atoms with E-state index in [4.69, 9.17) is 4.74 Å². The number of amides is 1. The van der Waals surface area contributed by atoms with E-state index in [9.17, 15) is 9.59 Å². The second-order valence-electron chi connectivity index (χ2n) is 12.3. The number of nitrogens with zero attached hydrogens (tertiary/aromatic N) is 1. The van der Waals surface area contributed by atoms with E-state index < -0.39 is 0 Å². The van der Waals surface area contributed by atoms with Gasteiger partial charge in [-0.2, -0.15) is 0 Å². The van der Waals surface area contributed by atoms with Crippen molar-refractivity contribution in [3.63, 3.8) is 0 Å². The van der Waals surface area contributed by atoms with Crippen LogP contribution in [-0.4, -0.2) is 23.9 Å². The normalized spacial score (nSPS) is 16.2. The van der Waals surface area contributed by atoms with Gasteiger partial charge < -0.3 is 9.64 Å². The number of carbonyl (C=O) groups is 2. The Morgan fingerprint density at radius 3 is 2.19 bits per heavy atom. The first-order valence-electron chi connectivity index (χ1n) is 16.2. The molecule has 1 saturated carbocycles. The highest BCUT2D eigenvalue weighted by molar-refractivity contribution is 5.89. The fourth-order valence-electron chi connectivity index (χ4n) is 6.66. The van der Waals surface area contributed by atoms with Crippen molar-refractivity contribution in [2.24, 2.45) is 5.92 Å². The van der Waals surface area contributed by atoms with Crippen molar-refractivity contribution < 1.29 is 14.3 Å². The Labute approximate surface area is 257 Å². The van der Waals surface area contributed by atoms with Gasteiger partial charge in [-0.3, -0.25) is 4.79 Å². The van der Waals surface area contributed by atoms with Crippen LogP contribution in [0.5, 0.6) is 0 Å².